The average molecular weight is 593 g/mol. The summed E-state index contributed by atoms with van der Waals surface area (Å²) in [7, 11) is 3.16. The molecule has 1 unspecified atom stereocenters. The van der Waals surface area contributed by atoms with Crippen molar-refractivity contribution in [1.29, 1.82) is 0 Å². The number of carbonyl (C=O) groups is 2. The van der Waals surface area contributed by atoms with Gasteiger partial charge in [0.2, 0.25) is 0 Å². The highest BCUT2D eigenvalue weighted by Crippen LogP contribution is 2.46. The highest BCUT2D eigenvalue weighted by atomic mass is 35.5. The van der Waals surface area contributed by atoms with Gasteiger partial charge in [-0.15, -0.1) is 0 Å². The lowest BCUT2D eigenvalue weighted by Crippen LogP contribution is -2.44. The molecule has 3 aromatic carbocycles. The number of nitrogens with one attached hydrogen (secondary N) is 2. The predicted octanol–water partition coefficient (Wildman–Crippen LogP) is 7.56. The van der Waals surface area contributed by atoms with Crippen molar-refractivity contribution in [1.82, 2.24) is 14.9 Å². The molecule has 1 atom stereocenters. The topological polar surface area (TPSA) is 88.5 Å². The molecule has 8 nitrogen and oxygen atoms in total. The fraction of sp³-hybridized carbons (Fsp3) is 0.258. The molecule has 0 spiro atoms. The molecule has 3 amide bonds. The summed E-state index contributed by atoms with van der Waals surface area (Å²) in [4.78, 5) is 33.2. The first-order valence-electron chi connectivity index (χ1n) is 13.2. The number of fused-ring (bicyclic) bond motifs is 1. The number of ether oxygens (including phenoxy) is 1. The first-order chi connectivity index (χ1) is 19.5. The number of anilines is 2. The van der Waals surface area contributed by atoms with Gasteiger partial charge in [0.25, 0.3) is 5.91 Å². The maximum absolute atomic E-state index is 13.9. The van der Waals surface area contributed by atoms with Gasteiger partial charge in [-0.05, 0) is 86.8 Å². The van der Waals surface area contributed by atoms with Crippen molar-refractivity contribution in [3.8, 4) is 17.1 Å². The largest absolute Gasteiger partial charge is 0.496 e. The third-order valence-corrected chi connectivity index (χ3v) is 7.78. The van der Waals surface area contributed by atoms with Crippen LogP contribution in [0.4, 0.5) is 16.3 Å². The van der Waals surface area contributed by atoms with Crippen LogP contribution in [0.3, 0.4) is 0 Å². The molecule has 212 valence electrons. The van der Waals surface area contributed by atoms with E-state index in [1.165, 1.54) is 0 Å². The van der Waals surface area contributed by atoms with Crippen LogP contribution < -0.4 is 20.3 Å². The number of methoxy groups -OCH3 is 1. The Bertz CT molecular complexity index is 1680. The van der Waals surface area contributed by atoms with E-state index in [2.05, 4.69) is 29.0 Å². The molecule has 1 aromatic heterocycles. The first kappa shape index (κ1) is 28.5. The first-order valence-corrected chi connectivity index (χ1v) is 14.0. The summed E-state index contributed by atoms with van der Waals surface area (Å²) in [6, 6.07) is 15.4. The number of urea groups is 1. The van der Waals surface area contributed by atoms with Crippen molar-refractivity contribution >= 4 is 46.6 Å². The Morgan fingerprint density at radius 1 is 1.02 bits per heavy atom. The van der Waals surface area contributed by atoms with Gasteiger partial charge in [0, 0.05) is 28.7 Å². The number of halogens is 2. The summed E-state index contributed by atoms with van der Waals surface area (Å²) < 4.78 is 7.80. The molecule has 1 aliphatic heterocycles. The fourth-order valence-corrected chi connectivity index (χ4v) is 5.80. The number of carbonyl (C=O) groups excluding carboxylic acids is 2. The molecule has 2 N–H and O–H groups in total. The minimum atomic E-state index is -0.565. The van der Waals surface area contributed by atoms with Crippen molar-refractivity contribution in [3.05, 3.63) is 92.6 Å². The third-order valence-electron chi connectivity index (χ3n) is 7.31. The van der Waals surface area contributed by atoms with E-state index in [0.717, 1.165) is 22.4 Å². The Kier molecular flexibility index (Phi) is 7.72. The van der Waals surface area contributed by atoms with Gasteiger partial charge in [0.05, 0.1) is 24.1 Å². The van der Waals surface area contributed by atoms with Gasteiger partial charge < -0.3 is 14.6 Å². The quantitative estimate of drug-likeness (QED) is 0.242. The minimum Gasteiger partial charge on any atom is -0.496 e. The Hall–Kier alpha value is -4.01. The smallest absolute Gasteiger partial charge is 0.328 e. The van der Waals surface area contributed by atoms with Gasteiger partial charge in [-0.3, -0.25) is 15.0 Å². The van der Waals surface area contributed by atoms with Crippen LogP contribution in [0.2, 0.25) is 10.0 Å². The Morgan fingerprint density at radius 2 is 1.73 bits per heavy atom. The number of amides is 3. The summed E-state index contributed by atoms with van der Waals surface area (Å²) in [6.45, 7) is 8.03. The number of hydrogen-bond acceptors (Lipinski definition) is 4. The minimum absolute atomic E-state index is 0.0815. The van der Waals surface area contributed by atoms with E-state index in [-0.39, 0.29) is 18.0 Å². The summed E-state index contributed by atoms with van der Waals surface area (Å²) >= 11 is 12.8. The van der Waals surface area contributed by atoms with Crippen molar-refractivity contribution in [2.75, 3.05) is 24.4 Å². The Labute approximate surface area is 249 Å². The molecule has 0 saturated carbocycles. The monoisotopic (exact) mass is 591 g/mol. The van der Waals surface area contributed by atoms with Crippen molar-refractivity contribution in [3.63, 3.8) is 0 Å². The molecule has 0 aliphatic carbocycles. The molecule has 0 fully saturated rings. The van der Waals surface area contributed by atoms with E-state index in [1.54, 1.807) is 49.4 Å². The molecule has 4 aromatic rings. The van der Waals surface area contributed by atoms with Crippen LogP contribution in [-0.2, 0) is 0 Å². The van der Waals surface area contributed by atoms with Crippen LogP contribution in [0.5, 0.6) is 5.75 Å². The summed E-state index contributed by atoms with van der Waals surface area (Å²) in [5.74, 6) is 1.32. The van der Waals surface area contributed by atoms with Crippen LogP contribution in [-0.4, -0.2) is 35.6 Å². The third kappa shape index (κ3) is 5.02. The predicted molar refractivity (Wildman–Crippen MR) is 164 cm³/mol. The van der Waals surface area contributed by atoms with Crippen molar-refractivity contribution < 1.29 is 14.3 Å². The van der Waals surface area contributed by atoms with Crippen LogP contribution in [0.25, 0.3) is 11.4 Å². The van der Waals surface area contributed by atoms with Crippen molar-refractivity contribution in [2.45, 2.75) is 39.8 Å². The molecular weight excluding hydrogens is 561 g/mol. The zero-order valence-corrected chi connectivity index (χ0v) is 25.2. The Morgan fingerprint density at radius 3 is 2.39 bits per heavy atom. The molecule has 1 aliphatic rings. The van der Waals surface area contributed by atoms with Crippen LogP contribution >= 0.6 is 23.2 Å². The van der Waals surface area contributed by atoms with E-state index in [4.69, 9.17) is 32.9 Å². The molecule has 0 saturated heterocycles. The van der Waals surface area contributed by atoms with Gasteiger partial charge in [-0.2, -0.15) is 0 Å². The number of imidazole rings is 1. The molecule has 10 heteroatoms. The average Bonchev–Trinajstić information content (AvgIpc) is 3.32. The highest BCUT2D eigenvalue weighted by molar-refractivity contribution is 6.31. The van der Waals surface area contributed by atoms with Crippen molar-refractivity contribution in [2.24, 2.45) is 0 Å². The van der Waals surface area contributed by atoms with E-state index in [1.807, 2.05) is 38.1 Å². The highest BCUT2D eigenvalue weighted by Gasteiger charge is 2.41. The molecule has 41 heavy (non-hydrogen) atoms. The fourth-order valence-electron chi connectivity index (χ4n) is 5.40. The normalized spacial score (nSPS) is 14.6. The van der Waals surface area contributed by atoms with Gasteiger partial charge in [0.1, 0.15) is 17.6 Å². The van der Waals surface area contributed by atoms with Gasteiger partial charge in [-0.25, -0.2) is 9.78 Å². The summed E-state index contributed by atoms with van der Waals surface area (Å²) in [5.41, 5.74) is 5.26. The van der Waals surface area contributed by atoms with Gasteiger partial charge >= 0.3 is 6.03 Å². The SMILES string of the molecule is CNC(=O)c1ccc(OC)c(-c2nc3c(n2C(C)C)C(c2ccc(Cl)cc2C)N(c2cc(Cl)ccc2C)C(=O)N3)c1. The lowest BCUT2D eigenvalue weighted by molar-refractivity contribution is 0.0963. The van der Waals surface area contributed by atoms with E-state index >= 15 is 0 Å². The molecule has 5 rings (SSSR count). The second-order valence-electron chi connectivity index (χ2n) is 10.3. The van der Waals surface area contributed by atoms with E-state index < -0.39 is 6.04 Å². The van der Waals surface area contributed by atoms with E-state index in [0.29, 0.717) is 44.3 Å². The van der Waals surface area contributed by atoms with Gasteiger partial charge in [-0.1, -0.05) is 35.3 Å². The lowest BCUT2D eigenvalue weighted by Gasteiger charge is -2.38. The number of nitrogens with zero attached hydrogens (tertiary/aromatic N) is 3. The Balaban J connectivity index is 1.85. The number of rotatable bonds is 6. The maximum atomic E-state index is 13.9. The number of aromatic nitrogens is 2. The zero-order chi connectivity index (χ0) is 29.6. The van der Waals surface area contributed by atoms with Crippen LogP contribution in [0, 0.1) is 13.8 Å². The van der Waals surface area contributed by atoms with Gasteiger partial charge in [0.15, 0.2) is 5.82 Å². The standard InChI is InChI=1S/C31H31Cl2N5O3/c1-16(2)37-27-26(22-11-10-20(32)13-18(22)4)38(24-15-21(33)9-7-17(24)3)31(40)36-28(27)35-29(37)23-14-19(30(39)34-5)8-12-25(23)41-6/h7-16,26H,1-6H3,(H,34,39)(H,36,40). The van der Waals surface area contributed by atoms with Crippen LogP contribution in [0.1, 0.15) is 58.7 Å². The second-order valence-corrected chi connectivity index (χ2v) is 11.1. The van der Waals surface area contributed by atoms with Crippen LogP contribution in [0.15, 0.2) is 54.6 Å². The number of aryl methyl sites for hydroxylation is 2. The zero-order valence-electron chi connectivity index (χ0n) is 23.7. The maximum Gasteiger partial charge on any atom is 0.328 e. The molecule has 2 heterocycles. The molecule has 0 bridgehead atoms. The lowest BCUT2D eigenvalue weighted by atomic mass is 9.94. The second kappa shape index (κ2) is 11.1. The number of benzene rings is 3. The summed E-state index contributed by atoms with van der Waals surface area (Å²) in [5, 5.41) is 6.81. The number of hydrogen-bond donors (Lipinski definition) is 2. The molecule has 0 radical (unpaired) electrons. The summed E-state index contributed by atoms with van der Waals surface area (Å²) in [6.07, 6.45) is 0. The molecular formula is C31H31Cl2N5O3. The van der Waals surface area contributed by atoms with E-state index in [9.17, 15) is 9.59 Å².